The molecular formula is C27H32N2O3. The molecule has 2 aromatic carbocycles. The number of rotatable bonds is 4. The summed E-state index contributed by atoms with van der Waals surface area (Å²) in [6.07, 6.45) is 4.91. The van der Waals surface area contributed by atoms with E-state index in [0.717, 1.165) is 43.2 Å². The molecule has 1 saturated heterocycles. The average Bonchev–Trinajstić information content (AvgIpc) is 2.79. The third-order valence-electron chi connectivity index (χ3n) is 6.70. The van der Waals surface area contributed by atoms with Crippen LogP contribution in [0.15, 0.2) is 36.4 Å². The summed E-state index contributed by atoms with van der Waals surface area (Å²) in [6.45, 7) is 7.20. The molecule has 1 amide bonds. The Balaban J connectivity index is 0.00000141. The molecule has 0 spiro atoms. The Bertz CT molecular complexity index is 1010. The van der Waals surface area contributed by atoms with Crippen molar-refractivity contribution < 1.29 is 14.7 Å². The second-order valence-electron chi connectivity index (χ2n) is 8.49. The minimum Gasteiger partial charge on any atom is -0.478 e. The molecule has 5 nitrogen and oxygen atoms in total. The molecule has 4 rings (SSSR count). The number of aromatic carboxylic acids is 1. The lowest BCUT2D eigenvalue weighted by Gasteiger charge is -2.33. The predicted octanol–water partition coefficient (Wildman–Crippen LogP) is 5.88. The quantitative estimate of drug-likeness (QED) is 0.654. The number of carboxylic acid groups (broad SMARTS) is 1. The number of hydrogen-bond acceptors (Lipinski definition) is 3. The standard InChI is InChI=1S/C25H26N2O3.C2H6/c1-16-13-22(20-3-2-4-20)23(25(29)30)14-21(16)24(28)27-11-9-19(10-12-27)18-7-5-17(15-26)6-8-18;1-2/h5-8,13-14,19-20H,2-4,9-12H2,1H3,(H,29,30);1-2H3. The smallest absolute Gasteiger partial charge is 0.335 e. The van der Waals surface area contributed by atoms with Crippen molar-refractivity contribution >= 4 is 11.9 Å². The fourth-order valence-electron chi connectivity index (χ4n) is 4.62. The third kappa shape index (κ3) is 4.85. The molecule has 1 heterocycles. The number of carbonyl (C=O) groups excluding carboxylic acids is 1. The van der Waals surface area contributed by atoms with Gasteiger partial charge in [0.25, 0.3) is 5.91 Å². The van der Waals surface area contributed by atoms with Gasteiger partial charge in [-0.15, -0.1) is 0 Å². The van der Waals surface area contributed by atoms with Crippen molar-refractivity contribution in [2.45, 2.75) is 64.7 Å². The molecule has 0 radical (unpaired) electrons. The molecule has 32 heavy (non-hydrogen) atoms. The summed E-state index contributed by atoms with van der Waals surface area (Å²) in [5.41, 5.74) is 4.38. The Morgan fingerprint density at radius 3 is 2.09 bits per heavy atom. The molecule has 2 aliphatic rings. The Morgan fingerprint density at radius 2 is 1.59 bits per heavy atom. The molecule has 2 aromatic rings. The summed E-state index contributed by atoms with van der Waals surface area (Å²) in [5.74, 6) is -0.348. The van der Waals surface area contributed by atoms with Crippen molar-refractivity contribution in [1.29, 1.82) is 5.26 Å². The first-order valence-electron chi connectivity index (χ1n) is 11.6. The molecule has 1 aliphatic carbocycles. The van der Waals surface area contributed by atoms with E-state index in [2.05, 4.69) is 6.07 Å². The van der Waals surface area contributed by atoms with Crippen LogP contribution in [0, 0.1) is 18.3 Å². The molecule has 1 N–H and O–H groups in total. The van der Waals surface area contributed by atoms with Crippen molar-refractivity contribution in [2.24, 2.45) is 0 Å². The van der Waals surface area contributed by atoms with Gasteiger partial charge in [0, 0.05) is 18.7 Å². The van der Waals surface area contributed by atoms with Gasteiger partial charge in [-0.05, 0) is 79.3 Å². The first kappa shape index (κ1) is 23.5. The van der Waals surface area contributed by atoms with Crippen LogP contribution in [0.4, 0.5) is 0 Å². The van der Waals surface area contributed by atoms with Gasteiger partial charge in [0.15, 0.2) is 0 Å². The highest BCUT2D eigenvalue weighted by molar-refractivity contribution is 5.99. The molecule has 1 aliphatic heterocycles. The molecular weight excluding hydrogens is 400 g/mol. The number of carboxylic acids is 1. The second kappa shape index (κ2) is 10.5. The minimum absolute atomic E-state index is 0.0755. The van der Waals surface area contributed by atoms with Gasteiger partial charge in [-0.3, -0.25) is 4.79 Å². The van der Waals surface area contributed by atoms with Crippen LogP contribution in [0.3, 0.4) is 0 Å². The van der Waals surface area contributed by atoms with Gasteiger partial charge in [-0.25, -0.2) is 4.79 Å². The maximum absolute atomic E-state index is 13.2. The SMILES string of the molecule is CC.Cc1cc(C2CCC2)c(C(=O)O)cc1C(=O)N1CCC(c2ccc(C#N)cc2)CC1. The zero-order valence-electron chi connectivity index (χ0n) is 19.2. The van der Waals surface area contributed by atoms with E-state index in [1.165, 1.54) is 5.56 Å². The summed E-state index contributed by atoms with van der Waals surface area (Å²) in [4.78, 5) is 26.9. The summed E-state index contributed by atoms with van der Waals surface area (Å²) in [5, 5.41) is 18.6. The lowest BCUT2D eigenvalue weighted by atomic mass is 9.77. The lowest BCUT2D eigenvalue weighted by Crippen LogP contribution is -2.38. The first-order chi connectivity index (χ1) is 15.5. The van der Waals surface area contributed by atoms with Gasteiger partial charge in [0.1, 0.15) is 0 Å². The number of carbonyl (C=O) groups is 2. The normalized spacial score (nSPS) is 16.4. The summed E-state index contributed by atoms with van der Waals surface area (Å²) in [7, 11) is 0. The van der Waals surface area contributed by atoms with Crippen molar-refractivity contribution in [3.05, 3.63) is 69.8 Å². The first-order valence-corrected chi connectivity index (χ1v) is 11.6. The number of nitriles is 1. The molecule has 0 atom stereocenters. The number of aryl methyl sites for hydroxylation is 1. The van der Waals surface area contributed by atoms with E-state index in [9.17, 15) is 14.7 Å². The highest BCUT2D eigenvalue weighted by Crippen LogP contribution is 2.39. The monoisotopic (exact) mass is 432 g/mol. The Labute approximate surface area is 190 Å². The topological polar surface area (TPSA) is 81.4 Å². The van der Waals surface area contributed by atoms with Gasteiger partial charge in [0.2, 0.25) is 0 Å². The molecule has 1 saturated carbocycles. The van der Waals surface area contributed by atoms with E-state index in [4.69, 9.17) is 5.26 Å². The summed E-state index contributed by atoms with van der Waals surface area (Å²) < 4.78 is 0. The van der Waals surface area contributed by atoms with Gasteiger partial charge < -0.3 is 10.0 Å². The highest BCUT2D eigenvalue weighted by atomic mass is 16.4. The van der Waals surface area contributed by atoms with Crippen molar-refractivity contribution in [3.8, 4) is 6.07 Å². The maximum atomic E-state index is 13.2. The summed E-state index contributed by atoms with van der Waals surface area (Å²) >= 11 is 0. The van der Waals surface area contributed by atoms with Crippen LogP contribution >= 0.6 is 0 Å². The van der Waals surface area contributed by atoms with Gasteiger partial charge >= 0.3 is 5.97 Å². The fraction of sp³-hybridized carbons (Fsp3) is 0.444. The van der Waals surface area contributed by atoms with Crippen LogP contribution in [0.5, 0.6) is 0 Å². The van der Waals surface area contributed by atoms with Crippen LogP contribution in [0.1, 0.15) is 101 Å². The summed E-state index contributed by atoms with van der Waals surface area (Å²) in [6, 6.07) is 13.3. The van der Waals surface area contributed by atoms with Gasteiger partial charge in [0.05, 0.1) is 17.2 Å². The zero-order chi connectivity index (χ0) is 23.3. The van der Waals surface area contributed by atoms with E-state index in [0.29, 0.717) is 36.1 Å². The van der Waals surface area contributed by atoms with Gasteiger partial charge in [-0.2, -0.15) is 5.26 Å². The van der Waals surface area contributed by atoms with Crippen molar-refractivity contribution in [2.75, 3.05) is 13.1 Å². The largest absolute Gasteiger partial charge is 0.478 e. The number of amides is 1. The molecule has 5 heteroatoms. The highest BCUT2D eigenvalue weighted by Gasteiger charge is 2.29. The van der Waals surface area contributed by atoms with Crippen molar-refractivity contribution in [3.63, 3.8) is 0 Å². The Kier molecular flexibility index (Phi) is 7.69. The van der Waals surface area contributed by atoms with Gasteiger partial charge in [-0.1, -0.05) is 38.5 Å². The van der Waals surface area contributed by atoms with Crippen LogP contribution < -0.4 is 0 Å². The lowest BCUT2D eigenvalue weighted by molar-refractivity contribution is 0.0694. The molecule has 0 aromatic heterocycles. The van der Waals surface area contributed by atoms with Crippen LogP contribution in [0.2, 0.25) is 0 Å². The number of hydrogen-bond donors (Lipinski definition) is 1. The minimum atomic E-state index is -0.953. The van der Waals surface area contributed by atoms with Crippen LogP contribution in [-0.4, -0.2) is 35.0 Å². The third-order valence-corrected chi connectivity index (χ3v) is 6.70. The average molecular weight is 433 g/mol. The Hall–Kier alpha value is -3.13. The van der Waals surface area contributed by atoms with E-state index < -0.39 is 5.97 Å². The number of piperidine rings is 1. The predicted molar refractivity (Wildman–Crippen MR) is 125 cm³/mol. The molecule has 0 bridgehead atoms. The number of benzene rings is 2. The number of nitrogens with zero attached hydrogens (tertiary/aromatic N) is 2. The molecule has 0 unspecified atom stereocenters. The van der Waals surface area contributed by atoms with E-state index in [1.54, 1.807) is 6.07 Å². The van der Waals surface area contributed by atoms with Crippen LogP contribution in [0.25, 0.3) is 0 Å². The second-order valence-corrected chi connectivity index (χ2v) is 8.49. The van der Waals surface area contributed by atoms with E-state index >= 15 is 0 Å². The molecule has 168 valence electrons. The molecule has 2 fully saturated rings. The zero-order valence-corrected chi connectivity index (χ0v) is 19.2. The Morgan fingerprint density at radius 1 is 0.969 bits per heavy atom. The van der Waals surface area contributed by atoms with Crippen LogP contribution in [-0.2, 0) is 0 Å². The van der Waals surface area contributed by atoms with E-state index in [1.807, 2.05) is 56.0 Å². The number of likely N-dealkylation sites (tertiary alicyclic amines) is 1. The van der Waals surface area contributed by atoms with E-state index in [-0.39, 0.29) is 11.5 Å². The fourth-order valence-corrected chi connectivity index (χ4v) is 4.62. The maximum Gasteiger partial charge on any atom is 0.335 e. The van der Waals surface area contributed by atoms with Crippen molar-refractivity contribution in [1.82, 2.24) is 4.90 Å².